The van der Waals surface area contributed by atoms with Crippen molar-refractivity contribution in [2.75, 3.05) is 24.5 Å². The molecule has 0 unspecified atom stereocenters. The van der Waals surface area contributed by atoms with E-state index in [0.717, 1.165) is 0 Å². The van der Waals surface area contributed by atoms with E-state index in [2.05, 4.69) is 4.74 Å². The highest BCUT2D eigenvalue weighted by Gasteiger charge is 2.19. The molecule has 0 aliphatic rings. The van der Waals surface area contributed by atoms with E-state index in [0.29, 0.717) is 5.69 Å². The second-order valence-electron chi connectivity index (χ2n) is 3.75. The van der Waals surface area contributed by atoms with Crippen LogP contribution in [0.3, 0.4) is 0 Å². The van der Waals surface area contributed by atoms with Crippen molar-refractivity contribution in [2.24, 2.45) is 5.73 Å². The molecule has 20 heavy (non-hydrogen) atoms. The lowest BCUT2D eigenvalue weighted by Gasteiger charge is -2.22. The zero-order valence-electron chi connectivity index (χ0n) is 10.4. The zero-order valence-corrected chi connectivity index (χ0v) is 11.2. The molecule has 8 heteroatoms. The van der Waals surface area contributed by atoms with Gasteiger partial charge in [0.1, 0.15) is 13.1 Å². The molecule has 0 saturated carbocycles. The molecule has 0 aliphatic carbocycles. The molecule has 3 N–H and O–H groups in total. The van der Waals surface area contributed by atoms with Crippen molar-refractivity contribution in [3.8, 4) is 0 Å². The van der Waals surface area contributed by atoms with Crippen molar-refractivity contribution in [2.45, 2.75) is 0 Å². The molecule has 0 aromatic heterocycles. The Bertz CT molecular complexity index is 520. The molecular formula is C12H13ClN2O5. The van der Waals surface area contributed by atoms with Crippen LogP contribution in [-0.2, 0) is 19.1 Å². The summed E-state index contributed by atoms with van der Waals surface area (Å²) in [6.45, 7) is -1.33. The largest absolute Gasteiger partial charge is 0.480 e. The highest BCUT2D eigenvalue weighted by Crippen LogP contribution is 2.24. The van der Waals surface area contributed by atoms with E-state index in [1.807, 2.05) is 0 Å². The first-order valence-corrected chi connectivity index (χ1v) is 5.96. The number of ether oxygens (including phenoxy) is 1. The molecule has 1 aromatic rings. The fourth-order valence-electron chi connectivity index (χ4n) is 1.45. The summed E-state index contributed by atoms with van der Waals surface area (Å²) in [6.07, 6.45) is 0. The summed E-state index contributed by atoms with van der Waals surface area (Å²) >= 11 is 5.95. The van der Waals surface area contributed by atoms with Crippen LogP contribution in [0.5, 0.6) is 0 Å². The molecule has 1 rings (SSSR count). The van der Waals surface area contributed by atoms with E-state index in [4.69, 9.17) is 22.4 Å². The Morgan fingerprint density at radius 1 is 1.20 bits per heavy atom. The fourth-order valence-corrected chi connectivity index (χ4v) is 1.71. The van der Waals surface area contributed by atoms with Gasteiger partial charge in [-0.25, -0.2) is 4.79 Å². The summed E-state index contributed by atoms with van der Waals surface area (Å²) in [7, 11) is 0. The summed E-state index contributed by atoms with van der Waals surface area (Å²) < 4.78 is 4.39. The molecule has 0 saturated heterocycles. The van der Waals surface area contributed by atoms with Gasteiger partial charge in [-0.3, -0.25) is 9.59 Å². The monoisotopic (exact) mass is 300 g/mol. The summed E-state index contributed by atoms with van der Waals surface area (Å²) in [4.78, 5) is 34.4. The molecule has 0 fully saturated rings. The first-order chi connectivity index (χ1) is 9.43. The molecule has 0 spiro atoms. The van der Waals surface area contributed by atoms with Crippen molar-refractivity contribution in [3.05, 3.63) is 29.3 Å². The molecule has 0 bridgehead atoms. The van der Waals surface area contributed by atoms with Crippen molar-refractivity contribution in [1.82, 2.24) is 0 Å². The van der Waals surface area contributed by atoms with Gasteiger partial charge in [0, 0.05) is 0 Å². The van der Waals surface area contributed by atoms with Gasteiger partial charge in [-0.1, -0.05) is 23.7 Å². The number of esters is 2. The van der Waals surface area contributed by atoms with Crippen LogP contribution < -0.4 is 10.6 Å². The molecule has 7 nitrogen and oxygen atoms in total. The minimum Gasteiger partial charge on any atom is -0.480 e. The lowest BCUT2D eigenvalue weighted by Crippen LogP contribution is -2.36. The number of hydrogen-bond donors (Lipinski definition) is 2. The minimum atomic E-state index is -1.15. The van der Waals surface area contributed by atoms with E-state index in [1.165, 1.54) is 4.90 Å². The van der Waals surface area contributed by atoms with E-state index in [-0.39, 0.29) is 5.02 Å². The van der Waals surface area contributed by atoms with Crippen molar-refractivity contribution >= 4 is 35.2 Å². The molecule has 0 heterocycles. The Morgan fingerprint density at radius 2 is 1.85 bits per heavy atom. The SMILES string of the molecule is NCC(=O)OC(=O)CN(CC(=O)O)c1ccccc1Cl. The third-order valence-electron chi connectivity index (χ3n) is 2.23. The Kier molecular flexibility index (Phi) is 5.95. The number of carbonyl (C=O) groups excluding carboxylic acids is 2. The maximum absolute atomic E-state index is 11.5. The maximum atomic E-state index is 11.5. The van der Waals surface area contributed by atoms with Crippen LogP contribution in [0.4, 0.5) is 5.69 Å². The second-order valence-corrected chi connectivity index (χ2v) is 4.16. The Hall–Kier alpha value is -2.12. The average Bonchev–Trinajstić information content (AvgIpc) is 2.37. The standard InChI is InChI=1S/C12H13ClN2O5/c13-8-3-1-2-4-9(8)15(6-10(16)17)7-12(19)20-11(18)5-14/h1-4H,5-7,14H2,(H,16,17). The van der Waals surface area contributed by atoms with Crippen LogP contribution in [0.2, 0.25) is 5.02 Å². The average molecular weight is 301 g/mol. The van der Waals surface area contributed by atoms with Gasteiger partial charge in [-0.15, -0.1) is 0 Å². The normalized spacial score (nSPS) is 9.90. The number of para-hydroxylation sites is 1. The van der Waals surface area contributed by atoms with E-state index in [1.54, 1.807) is 24.3 Å². The highest BCUT2D eigenvalue weighted by molar-refractivity contribution is 6.33. The number of nitrogens with two attached hydrogens (primary N) is 1. The topological polar surface area (TPSA) is 110 Å². The summed E-state index contributed by atoms with van der Waals surface area (Å²) in [5.74, 6) is -2.94. The van der Waals surface area contributed by atoms with Gasteiger partial charge in [0.15, 0.2) is 0 Å². The molecule has 0 amide bonds. The van der Waals surface area contributed by atoms with Gasteiger partial charge in [-0.2, -0.15) is 0 Å². The van der Waals surface area contributed by atoms with Crippen LogP contribution in [0.15, 0.2) is 24.3 Å². The predicted molar refractivity (Wildman–Crippen MR) is 71.5 cm³/mol. The molecule has 0 aliphatic heterocycles. The molecule has 108 valence electrons. The van der Waals surface area contributed by atoms with E-state index >= 15 is 0 Å². The van der Waals surface area contributed by atoms with E-state index in [9.17, 15) is 14.4 Å². The first-order valence-electron chi connectivity index (χ1n) is 5.59. The summed E-state index contributed by atoms with van der Waals surface area (Å²) in [5.41, 5.74) is 5.37. The quantitative estimate of drug-likeness (QED) is 0.572. The zero-order chi connectivity index (χ0) is 15.1. The van der Waals surface area contributed by atoms with Crippen molar-refractivity contribution in [1.29, 1.82) is 0 Å². The number of carbonyl (C=O) groups is 3. The number of hydrogen-bond acceptors (Lipinski definition) is 6. The van der Waals surface area contributed by atoms with Gasteiger partial charge < -0.3 is 20.5 Å². The van der Waals surface area contributed by atoms with Gasteiger partial charge in [-0.05, 0) is 12.1 Å². The number of benzene rings is 1. The number of carboxylic acid groups (broad SMARTS) is 1. The number of anilines is 1. The number of carboxylic acids is 1. The number of halogens is 1. The van der Waals surface area contributed by atoms with Gasteiger partial charge >= 0.3 is 17.9 Å². The number of nitrogens with zero attached hydrogens (tertiary/aromatic N) is 1. The lowest BCUT2D eigenvalue weighted by atomic mass is 10.3. The van der Waals surface area contributed by atoms with Crippen LogP contribution in [0.1, 0.15) is 0 Å². The molecule has 1 aromatic carbocycles. The third kappa shape index (κ3) is 4.87. The van der Waals surface area contributed by atoms with Gasteiger partial charge in [0.05, 0.1) is 17.3 Å². The Morgan fingerprint density at radius 3 is 2.40 bits per heavy atom. The van der Waals surface area contributed by atoms with Crippen LogP contribution >= 0.6 is 11.6 Å². The second kappa shape index (κ2) is 7.46. The van der Waals surface area contributed by atoms with Crippen LogP contribution in [0, 0.1) is 0 Å². The maximum Gasteiger partial charge on any atom is 0.333 e. The summed E-state index contributed by atoms with van der Waals surface area (Å²) in [5, 5.41) is 9.14. The minimum absolute atomic E-state index is 0.284. The Labute approximate surface area is 119 Å². The van der Waals surface area contributed by atoms with Crippen LogP contribution in [-0.4, -0.2) is 42.6 Å². The first kappa shape index (κ1) is 15.9. The van der Waals surface area contributed by atoms with Crippen molar-refractivity contribution in [3.63, 3.8) is 0 Å². The lowest BCUT2D eigenvalue weighted by molar-refractivity contribution is -0.157. The number of rotatable bonds is 6. The molecule has 0 radical (unpaired) electrons. The summed E-state index contributed by atoms with van der Waals surface area (Å²) in [6, 6.07) is 6.43. The van der Waals surface area contributed by atoms with Gasteiger partial charge in [0.25, 0.3) is 0 Å². The third-order valence-corrected chi connectivity index (χ3v) is 2.55. The predicted octanol–water partition coefficient (Wildman–Crippen LogP) is 0.260. The van der Waals surface area contributed by atoms with Gasteiger partial charge in [0.2, 0.25) is 0 Å². The smallest absolute Gasteiger partial charge is 0.333 e. The Balaban J connectivity index is 2.85. The van der Waals surface area contributed by atoms with E-state index < -0.39 is 37.5 Å². The van der Waals surface area contributed by atoms with Crippen molar-refractivity contribution < 1.29 is 24.2 Å². The number of aliphatic carboxylic acids is 1. The molecule has 0 atom stereocenters. The molecular weight excluding hydrogens is 288 g/mol. The fraction of sp³-hybridized carbons (Fsp3) is 0.250. The van der Waals surface area contributed by atoms with Crippen LogP contribution in [0.25, 0.3) is 0 Å². The highest BCUT2D eigenvalue weighted by atomic mass is 35.5.